The summed E-state index contributed by atoms with van der Waals surface area (Å²) in [6.45, 7) is 13.6. The highest BCUT2D eigenvalue weighted by molar-refractivity contribution is 6.90. The number of esters is 1. The quantitative estimate of drug-likeness (QED) is 0.333. The molecule has 0 spiro atoms. The number of methoxy groups -OCH3 is 1. The van der Waals surface area contributed by atoms with Gasteiger partial charge in [0.2, 0.25) is 0 Å². The zero-order chi connectivity index (χ0) is 14.3. The average molecular weight is 266 g/mol. The molecule has 3 heteroatoms. The largest absolute Gasteiger partial charge is 0.466 e. The molecule has 0 fully saturated rings. The average Bonchev–Trinajstić information content (AvgIpc) is 2.27. The van der Waals surface area contributed by atoms with E-state index in [2.05, 4.69) is 57.7 Å². The van der Waals surface area contributed by atoms with Crippen LogP contribution in [0.15, 0.2) is 12.2 Å². The smallest absolute Gasteiger partial charge is 0.331 e. The van der Waals surface area contributed by atoms with Crippen LogP contribution in [0.5, 0.6) is 0 Å². The van der Waals surface area contributed by atoms with Crippen molar-refractivity contribution in [2.75, 3.05) is 7.11 Å². The Kier molecular flexibility index (Phi) is 7.01. The molecule has 0 saturated heterocycles. The summed E-state index contributed by atoms with van der Waals surface area (Å²) in [5, 5.41) is 0. The van der Waals surface area contributed by atoms with Crippen molar-refractivity contribution in [3.05, 3.63) is 12.2 Å². The van der Waals surface area contributed by atoms with E-state index < -0.39 is 8.07 Å². The molecule has 0 atom stereocenters. The highest BCUT2D eigenvalue weighted by Gasteiger charge is 2.41. The van der Waals surface area contributed by atoms with Crippen LogP contribution in [0, 0.1) is 11.5 Å². The van der Waals surface area contributed by atoms with Gasteiger partial charge in [-0.3, -0.25) is 0 Å². The second kappa shape index (κ2) is 7.43. The van der Waals surface area contributed by atoms with Crippen LogP contribution in [0.4, 0.5) is 0 Å². The number of rotatable bonds is 4. The minimum atomic E-state index is -1.67. The molecule has 0 radical (unpaired) electrons. The van der Waals surface area contributed by atoms with Crippen LogP contribution in [0.25, 0.3) is 0 Å². The molecule has 0 amide bonds. The van der Waals surface area contributed by atoms with Crippen molar-refractivity contribution in [3.8, 4) is 11.5 Å². The van der Waals surface area contributed by atoms with Gasteiger partial charge in [-0.05, 0) is 22.7 Å². The van der Waals surface area contributed by atoms with Crippen LogP contribution in [-0.2, 0) is 9.53 Å². The number of hydrogen-bond acceptors (Lipinski definition) is 2. The van der Waals surface area contributed by atoms with Crippen molar-refractivity contribution in [2.45, 2.75) is 58.2 Å². The maximum absolute atomic E-state index is 11.0. The molecule has 0 saturated carbocycles. The molecular formula is C15H26O2Si. The molecule has 0 aromatic carbocycles. The molecule has 0 heterocycles. The van der Waals surface area contributed by atoms with Crippen molar-refractivity contribution in [1.82, 2.24) is 0 Å². The highest BCUT2D eigenvalue weighted by atomic mass is 28.3. The summed E-state index contributed by atoms with van der Waals surface area (Å²) < 4.78 is 4.54. The van der Waals surface area contributed by atoms with Crippen molar-refractivity contribution in [1.29, 1.82) is 0 Å². The number of allylic oxidation sites excluding steroid dienone is 1. The Bertz CT molecular complexity index is 335. The zero-order valence-electron chi connectivity index (χ0n) is 12.7. The first-order valence-corrected chi connectivity index (χ1v) is 8.79. The fourth-order valence-electron chi connectivity index (χ4n) is 2.78. The topological polar surface area (TPSA) is 26.3 Å². The van der Waals surface area contributed by atoms with Crippen molar-refractivity contribution in [3.63, 3.8) is 0 Å². The molecule has 0 rings (SSSR count). The van der Waals surface area contributed by atoms with Crippen LogP contribution >= 0.6 is 0 Å². The SMILES string of the molecule is COC(=O)/C=C/C#C[Si](C(C)C)(C(C)C)C(C)C. The molecule has 0 aliphatic heterocycles. The molecule has 0 aliphatic carbocycles. The van der Waals surface area contributed by atoms with E-state index in [9.17, 15) is 4.79 Å². The van der Waals surface area contributed by atoms with Gasteiger partial charge < -0.3 is 4.74 Å². The molecule has 0 aliphatic rings. The molecule has 0 N–H and O–H groups in total. The van der Waals surface area contributed by atoms with E-state index >= 15 is 0 Å². The van der Waals surface area contributed by atoms with Crippen LogP contribution < -0.4 is 0 Å². The molecule has 102 valence electrons. The van der Waals surface area contributed by atoms with Crippen molar-refractivity contribution < 1.29 is 9.53 Å². The number of carbonyl (C=O) groups is 1. The lowest BCUT2D eigenvalue weighted by molar-refractivity contribution is -0.134. The third-order valence-electron chi connectivity index (χ3n) is 3.66. The summed E-state index contributed by atoms with van der Waals surface area (Å²) in [4.78, 5) is 11.0. The molecular weight excluding hydrogens is 240 g/mol. The summed E-state index contributed by atoms with van der Waals surface area (Å²) in [6.07, 6.45) is 2.99. The molecule has 2 nitrogen and oxygen atoms in total. The Labute approximate surface area is 113 Å². The lowest BCUT2D eigenvalue weighted by atomic mass is 10.5. The van der Waals surface area contributed by atoms with Gasteiger partial charge in [-0.2, -0.15) is 0 Å². The standard InChI is InChI=1S/C15H26O2Si/c1-12(2)18(13(3)4,14(5)6)11-9-8-10-15(16)17-7/h8,10,12-14H,1-7H3/b10-8+. The molecule has 0 aromatic rings. The van der Waals surface area contributed by atoms with E-state index in [1.807, 2.05) is 0 Å². The maximum Gasteiger partial charge on any atom is 0.331 e. The molecule has 0 unspecified atom stereocenters. The summed E-state index contributed by atoms with van der Waals surface area (Å²) in [6, 6.07) is 0. The summed E-state index contributed by atoms with van der Waals surface area (Å²) in [5.74, 6) is 2.71. The van der Waals surface area contributed by atoms with E-state index in [-0.39, 0.29) is 5.97 Å². The van der Waals surface area contributed by atoms with Crippen LogP contribution in [0.2, 0.25) is 16.6 Å². The number of hydrogen-bond donors (Lipinski definition) is 0. The third kappa shape index (κ3) is 4.03. The van der Waals surface area contributed by atoms with Gasteiger partial charge in [0.1, 0.15) is 8.07 Å². The van der Waals surface area contributed by atoms with E-state index in [4.69, 9.17) is 0 Å². The van der Waals surface area contributed by atoms with E-state index in [0.29, 0.717) is 16.6 Å². The Hall–Kier alpha value is -1.01. The fraction of sp³-hybridized carbons (Fsp3) is 0.667. The lowest BCUT2D eigenvalue weighted by Crippen LogP contribution is -2.43. The zero-order valence-corrected chi connectivity index (χ0v) is 13.7. The number of carbonyl (C=O) groups excluding carboxylic acids is 1. The normalized spacial score (nSPS) is 12.1. The second-order valence-electron chi connectivity index (χ2n) is 5.52. The second-order valence-corrected chi connectivity index (χ2v) is 11.1. The maximum atomic E-state index is 11.0. The highest BCUT2D eigenvalue weighted by Crippen LogP contribution is 2.40. The van der Waals surface area contributed by atoms with E-state index in [1.54, 1.807) is 6.08 Å². The van der Waals surface area contributed by atoms with Crippen molar-refractivity contribution in [2.24, 2.45) is 0 Å². The van der Waals surface area contributed by atoms with Gasteiger partial charge in [-0.25, -0.2) is 4.79 Å². The van der Waals surface area contributed by atoms with Gasteiger partial charge >= 0.3 is 5.97 Å². The Morgan fingerprint density at radius 3 is 1.83 bits per heavy atom. The number of ether oxygens (including phenoxy) is 1. The Morgan fingerprint density at radius 1 is 1.06 bits per heavy atom. The minimum Gasteiger partial charge on any atom is -0.466 e. The monoisotopic (exact) mass is 266 g/mol. The van der Waals surface area contributed by atoms with Crippen molar-refractivity contribution >= 4 is 14.0 Å². The molecule has 18 heavy (non-hydrogen) atoms. The van der Waals surface area contributed by atoms with Crippen LogP contribution in [-0.4, -0.2) is 21.2 Å². The van der Waals surface area contributed by atoms with Gasteiger partial charge in [0.05, 0.1) is 7.11 Å². The van der Waals surface area contributed by atoms with Crippen LogP contribution in [0.3, 0.4) is 0 Å². The minimum absolute atomic E-state index is 0.352. The molecule has 0 aromatic heterocycles. The van der Waals surface area contributed by atoms with Crippen LogP contribution in [0.1, 0.15) is 41.5 Å². The predicted octanol–water partition coefficient (Wildman–Crippen LogP) is 3.94. The van der Waals surface area contributed by atoms with Gasteiger partial charge in [0.15, 0.2) is 0 Å². The lowest BCUT2D eigenvalue weighted by Gasteiger charge is -2.37. The van der Waals surface area contributed by atoms with Gasteiger partial charge in [0, 0.05) is 6.08 Å². The third-order valence-corrected chi connectivity index (χ3v) is 9.97. The summed E-state index contributed by atoms with van der Waals surface area (Å²) in [5.41, 5.74) is 5.33. The first-order valence-electron chi connectivity index (χ1n) is 6.56. The van der Waals surface area contributed by atoms with Gasteiger partial charge in [-0.1, -0.05) is 47.5 Å². The first-order chi connectivity index (χ1) is 8.28. The fourth-order valence-corrected chi connectivity index (χ4v) is 7.98. The first kappa shape index (κ1) is 17.0. The Morgan fingerprint density at radius 2 is 1.50 bits per heavy atom. The predicted molar refractivity (Wildman–Crippen MR) is 80.0 cm³/mol. The van der Waals surface area contributed by atoms with E-state index in [0.717, 1.165) is 0 Å². The van der Waals surface area contributed by atoms with E-state index in [1.165, 1.54) is 13.2 Å². The Balaban J connectivity index is 5.20. The van der Waals surface area contributed by atoms with Gasteiger partial charge in [-0.15, -0.1) is 5.54 Å². The van der Waals surface area contributed by atoms with Gasteiger partial charge in [0.25, 0.3) is 0 Å². The summed E-state index contributed by atoms with van der Waals surface area (Å²) in [7, 11) is -0.304. The molecule has 0 bridgehead atoms. The summed E-state index contributed by atoms with van der Waals surface area (Å²) >= 11 is 0.